The number of nitro groups is 1. The number of non-ortho nitro benzene ring substituents is 1. The van der Waals surface area contributed by atoms with E-state index in [0.29, 0.717) is 40.0 Å². The highest BCUT2D eigenvalue weighted by molar-refractivity contribution is 6.05. The predicted molar refractivity (Wildman–Crippen MR) is 124 cm³/mol. The van der Waals surface area contributed by atoms with E-state index >= 15 is 0 Å². The van der Waals surface area contributed by atoms with Gasteiger partial charge in [-0.1, -0.05) is 6.07 Å². The van der Waals surface area contributed by atoms with Gasteiger partial charge in [-0.15, -0.1) is 5.10 Å². The molecular formula is C23H18N8O3. The molecule has 0 bridgehead atoms. The number of carbonyl (C=O) groups is 1. The highest BCUT2D eigenvalue weighted by Gasteiger charge is 2.35. The molecular weight excluding hydrogens is 436 g/mol. The van der Waals surface area contributed by atoms with Crippen molar-refractivity contribution >= 4 is 23.2 Å². The van der Waals surface area contributed by atoms with Crippen molar-refractivity contribution in [3.05, 3.63) is 100 Å². The molecule has 0 radical (unpaired) electrons. The van der Waals surface area contributed by atoms with Gasteiger partial charge in [-0.2, -0.15) is 4.98 Å². The van der Waals surface area contributed by atoms with Gasteiger partial charge in [-0.05, 0) is 43.3 Å². The van der Waals surface area contributed by atoms with E-state index in [-0.39, 0.29) is 11.6 Å². The van der Waals surface area contributed by atoms with Crippen molar-refractivity contribution in [1.29, 1.82) is 0 Å². The first-order valence-corrected chi connectivity index (χ1v) is 10.3. The van der Waals surface area contributed by atoms with E-state index in [1.54, 1.807) is 60.5 Å². The minimum Gasteiger partial charge on any atom is -0.328 e. The number of anilines is 2. The first-order valence-electron chi connectivity index (χ1n) is 10.3. The average molecular weight is 454 g/mol. The van der Waals surface area contributed by atoms with Crippen LogP contribution in [0.2, 0.25) is 0 Å². The number of nitrogens with one attached hydrogen (secondary N) is 2. The first-order chi connectivity index (χ1) is 16.5. The third kappa shape index (κ3) is 3.86. The Hall–Kier alpha value is -4.93. The van der Waals surface area contributed by atoms with E-state index in [1.807, 2.05) is 12.1 Å². The quantitative estimate of drug-likeness (QED) is 0.344. The number of benzene rings is 1. The van der Waals surface area contributed by atoms with E-state index in [9.17, 15) is 14.9 Å². The van der Waals surface area contributed by atoms with Crippen LogP contribution in [0.5, 0.6) is 0 Å². The summed E-state index contributed by atoms with van der Waals surface area (Å²) in [6.45, 7) is 1.79. The lowest BCUT2D eigenvalue weighted by Gasteiger charge is -2.27. The van der Waals surface area contributed by atoms with Gasteiger partial charge in [-0.25, -0.2) is 4.68 Å². The van der Waals surface area contributed by atoms with Crippen LogP contribution in [0.4, 0.5) is 17.3 Å². The number of carbonyl (C=O) groups excluding carboxylic acids is 1. The molecule has 1 aliphatic heterocycles. The molecule has 3 aromatic heterocycles. The molecule has 11 nitrogen and oxygen atoms in total. The topological polar surface area (TPSA) is 141 Å². The Labute approximate surface area is 193 Å². The number of pyridine rings is 2. The maximum absolute atomic E-state index is 13.4. The summed E-state index contributed by atoms with van der Waals surface area (Å²) in [5, 5.41) is 21.6. The largest absolute Gasteiger partial charge is 0.328 e. The van der Waals surface area contributed by atoms with Crippen LogP contribution in [0.1, 0.15) is 18.7 Å². The zero-order valence-electron chi connectivity index (χ0n) is 17.9. The molecule has 1 unspecified atom stereocenters. The average Bonchev–Trinajstić information content (AvgIpc) is 3.28. The molecule has 0 saturated heterocycles. The van der Waals surface area contributed by atoms with Crippen LogP contribution >= 0.6 is 0 Å². The number of nitrogens with zero attached hydrogens (tertiary/aromatic N) is 6. The normalized spacial score (nSPS) is 14.8. The van der Waals surface area contributed by atoms with Gasteiger partial charge in [0.05, 0.1) is 28.1 Å². The van der Waals surface area contributed by atoms with Crippen LogP contribution in [-0.4, -0.2) is 35.6 Å². The molecule has 5 rings (SSSR count). The van der Waals surface area contributed by atoms with Crippen LogP contribution in [0.15, 0.2) is 84.5 Å². The molecule has 1 amide bonds. The van der Waals surface area contributed by atoms with Crippen molar-refractivity contribution < 1.29 is 9.72 Å². The minimum atomic E-state index is -0.645. The fraction of sp³-hybridized carbons (Fsp3) is 0.0870. The van der Waals surface area contributed by atoms with Crippen LogP contribution in [0.25, 0.3) is 11.4 Å². The smallest absolute Gasteiger partial charge is 0.269 e. The number of aromatic nitrogens is 5. The number of fused-ring (bicyclic) bond motifs is 1. The molecule has 1 aromatic carbocycles. The summed E-state index contributed by atoms with van der Waals surface area (Å²) in [6, 6.07) is 14.3. The zero-order valence-corrected chi connectivity index (χ0v) is 17.9. The van der Waals surface area contributed by atoms with Gasteiger partial charge in [0.2, 0.25) is 5.95 Å². The third-order valence-electron chi connectivity index (χ3n) is 5.32. The second-order valence-corrected chi connectivity index (χ2v) is 7.52. The highest BCUT2D eigenvalue weighted by Crippen LogP contribution is 2.36. The summed E-state index contributed by atoms with van der Waals surface area (Å²) in [5.74, 6) is 0.464. The van der Waals surface area contributed by atoms with Gasteiger partial charge in [0.1, 0.15) is 6.04 Å². The van der Waals surface area contributed by atoms with Gasteiger partial charge in [0.15, 0.2) is 5.82 Å². The number of nitro benzene ring substituents is 1. The summed E-state index contributed by atoms with van der Waals surface area (Å²) >= 11 is 0. The SMILES string of the molecule is CC1=C(C(=O)Nc2cccnc2)C(c2ccccn2)n2nc(-c3ccc([N+](=O)[O-])cc3)nc2N1. The fourth-order valence-electron chi connectivity index (χ4n) is 3.75. The standard InChI is InChI=1S/C23H18N8O3/c1-14-19(22(32)27-16-5-4-11-24-13-16)20(18-6-2-3-12-25-18)30-23(26-14)28-21(29-30)15-7-9-17(10-8-15)31(33)34/h2-13,20H,1H3,(H,27,32)(H,26,28,29). The lowest BCUT2D eigenvalue weighted by molar-refractivity contribution is -0.384. The van der Waals surface area contributed by atoms with Gasteiger partial charge in [0.25, 0.3) is 11.6 Å². The van der Waals surface area contributed by atoms with E-state index in [4.69, 9.17) is 0 Å². The van der Waals surface area contributed by atoms with Crippen LogP contribution in [0.3, 0.4) is 0 Å². The Kier molecular flexibility index (Phi) is 5.26. The molecule has 34 heavy (non-hydrogen) atoms. The van der Waals surface area contributed by atoms with Crippen molar-refractivity contribution in [3.8, 4) is 11.4 Å². The van der Waals surface area contributed by atoms with E-state index in [2.05, 4.69) is 30.7 Å². The molecule has 1 atom stereocenters. The number of hydrogen-bond acceptors (Lipinski definition) is 8. The summed E-state index contributed by atoms with van der Waals surface area (Å²) in [4.78, 5) is 37.0. The van der Waals surface area contributed by atoms with E-state index in [0.717, 1.165) is 0 Å². The van der Waals surface area contributed by atoms with Crippen molar-refractivity contribution in [2.24, 2.45) is 0 Å². The summed E-state index contributed by atoms with van der Waals surface area (Å²) in [6.07, 6.45) is 4.84. The summed E-state index contributed by atoms with van der Waals surface area (Å²) in [7, 11) is 0. The molecule has 4 aromatic rings. The molecule has 1 aliphatic rings. The van der Waals surface area contributed by atoms with Crippen LogP contribution in [0, 0.1) is 10.1 Å². The fourth-order valence-corrected chi connectivity index (χ4v) is 3.75. The molecule has 0 fully saturated rings. The van der Waals surface area contributed by atoms with Crippen molar-refractivity contribution in [3.63, 3.8) is 0 Å². The number of rotatable bonds is 5. The van der Waals surface area contributed by atoms with Gasteiger partial charge >= 0.3 is 0 Å². The number of allylic oxidation sites excluding steroid dienone is 1. The molecule has 168 valence electrons. The monoisotopic (exact) mass is 454 g/mol. The lowest BCUT2D eigenvalue weighted by atomic mass is 9.98. The van der Waals surface area contributed by atoms with Gasteiger partial charge in [0, 0.05) is 35.8 Å². The zero-order chi connectivity index (χ0) is 23.7. The third-order valence-corrected chi connectivity index (χ3v) is 5.32. The van der Waals surface area contributed by atoms with E-state index < -0.39 is 11.0 Å². The summed E-state index contributed by atoms with van der Waals surface area (Å²) in [5.41, 5.74) is 2.78. The Morgan fingerprint density at radius 2 is 1.94 bits per heavy atom. The molecule has 0 aliphatic carbocycles. The minimum absolute atomic E-state index is 0.0240. The predicted octanol–water partition coefficient (Wildman–Crippen LogP) is 3.57. The lowest BCUT2D eigenvalue weighted by Crippen LogP contribution is -2.32. The molecule has 0 saturated carbocycles. The molecule has 11 heteroatoms. The second-order valence-electron chi connectivity index (χ2n) is 7.52. The van der Waals surface area contributed by atoms with Crippen LogP contribution in [-0.2, 0) is 4.79 Å². The summed E-state index contributed by atoms with van der Waals surface area (Å²) < 4.78 is 1.60. The van der Waals surface area contributed by atoms with Crippen molar-refractivity contribution in [2.45, 2.75) is 13.0 Å². The number of hydrogen-bond donors (Lipinski definition) is 2. The van der Waals surface area contributed by atoms with Gasteiger partial charge < -0.3 is 10.6 Å². The maximum atomic E-state index is 13.4. The molecule has 2 N–H and O–H groups in total. The highest BCUT2D eigenvalue weighted by atomic mass is 16.6. The number of amides is 1. The Bertz CT molecular complexity index is 1400. The maximum Gasteiger partial charge on any atom is 0.269 e. The van der Waals surface area contributed by atoms with E-state index in [1.165, 1.54) is 12.1 Å². The second kappa shape index (κ2) is 8.54. The van der Waals surface area contributed by atoms with Crippen molar-refractivity contribution in [2.75, 3.05) is 10.6 Å². The Balaban J connectivity index is 1.57. The van der Waals surface area contributed by atoms with Gasteiger partial charge in [-0.3, -0.25) is 24.9 Å². The van der Waals surface area contributed by atoms with Crippen LogP contribution < -0.4 is 10.6 Å². The Morgan fingerprint density at radius 1 is 1.12 bits per heavy atom. The Morgan fingerprint density at radius 3 is 2.62 bits per heavy atom. The molecule has 4 heterocycles. The van der Waals surface area contributed by atoms with Crippen molar-refractivity contribution in [1.82, 2.24) is 24.7 Å². The first kappa shape index (κ1) is 20.9. The molecule has 0 spiro atoms.